The van der Waals surface area contributed by atoms with Gasteiger partial charge in [-0.25, -0.2) is 0 Å². The summed E-state index contributed by atoms with van der Waals surface area (Å²) in [7, 11) is 0. The zero-order valence-electron chi connectivity index (χ0n) is 8.50. The minimum absolute atomic E-state index is 0.750. The highest BCUT2D eigenvalue weighted by Crippen LogP contribution is 2.14. The Labute approximate surface area is 97.7 Å². The van der Waals surface area contributed by atoms with Gasteiger partial charge in [-0.05, 0) is 24.3 Å². The molecule has 0 unspecified atom stereocenters. The zero-order valence-corrected chi connectivity index (χ0v) is 9.31. The van der Waals surface area contributed by atoms with E-state index in [4.69, 9.17) is 8.42 Å². The van der Waals surface area contributed by atoms with Gasteiger partial charge >= 0.3 is 11.6 Å². The van der Waals surface area contributed by atoms with Crippen LogP contribution in [0.25, 0.3) is 0 Å². The lowest BCUT2D eigenvalue weighted by Gasteiger charge is -2.04. The van der Waals surface area contributed by atoms with E-state index in [1.165, 1.54) is 0 Å². The van der Waals surface area contributed by atoms with Gasteiger partial charge in [0.1, 0.15) is 0 Å². The highest BCUT2D eigenvalue weighted by molar-refractivity contribution is 7.51. The number of nitrogens with one attached hydrogen (secondary N) is 1. The van der Waals surface area contributed by atoms with Crippen LogP contribution in [0.3, 0.4) is 0 Å². The standard InChI is InChI=1S/C12H11N.O2S/c1-3-7-11(8-4-1)13-12-9-5-2-6-10-12;1-3-2/h1-10,13H;. The van der Waals surface area contributed by atoms with Crippen molar-refractivity contribution in [3.8, 4) is 0 Å². The second-order valence-corrected chi connectivity index (χ2v) is 3.06. The molecule has 4 heteroatoms. The van der Waals surface area contributed by atoms with Gasteiger partial charge in [-0.2, -0.15) is 8.42 Å². The van der Waals surface area contributed by atoms with Gasteiger partial charge < -0.3 is 5.32 Å². The quantitative estimate of drug-likeness (QED) is 0.867. The molecular weight excluding hydrogens is 222 g/mol. The minimum Gasteiger partial charge on any atom is -0.356 e. The van der Waals surface area contributed by atoms with Gasteiger partial charge in [0.15, 0.2) is 0 Å². The summed E-state index contributed by atoms with van der Waals surface area (Å²) in [5.74, 6) is 0. The summed E-state index contributed by atoms with van der Waals surface area (Å²) >= 11 is -0.750. The van der Waals surface area contributed by atoms with Crippen LogP contribution in [0, 0.1) is 0 Å². The van der Waals surface area contributed by atoms with Gasteiger partial charge in [-0.3, -0.25) is 0 Å². The fourth-order valence-corrected chi connectivity index (χ4v) is 1.21. The van der Waals surface area contributed by atoms with Gasteiger partial charge in [0.25, 0.3) is 0 Å². The molecule has 0 aromatic heterocycles. The smallest absolute Gasteiger partial charge is 0.335 e. The molecule has 3 nitrogen and oxygen atoms in total. The van der Waals surface area contributed by atoms with Gasteiger partial charge in [0.2, 0.25) is 0 Å². The van der Waals surface area contributed by atoms with Gasteiger partial charge in [-0.15, -0.1) is 0 Å². The average Bonchev–Trinajstić information content (AvgIpc) is 2.33. The Morgan fingerprint density at radius 1 is 0.688 bits per heavy atom. The lowest BCUT2D eigenvalue weighted by Crippen LogP contribution is -1.87. The molecule has 0 spiro atoms. The van der Waals surface area contributed by atoms with E-state index in [1.54, 1.807) is 0 Å². The molecule has 0 radical (unpaired) electrons. The van der Waals surface area contributed by atoms with Crippen molar-refractivity contribution in [1.82, 2.24) is 0 Å². The number of benzene rings is 2. The van der Waals surface area contributed by atoms with Crippen LogP contribution in [-0.2, 0) is 11.6 Å². The summed E-state index contributed by atoms with van der Waals surface area (Å²) in [5, 5.41) is 3.30. The Kier molecular flexibility index (Phi) is 5.58. The third kappa shape index (κ3) is 4.52. The number of rotatable bonds is 2. The number of anilines is 2. The maximum atomic E-state index is 8.29. The largest absolute Gasteiger partial charge is 0.356 e. The molecule has 2 rings (SSSR count). The molecule has 0 saturated carbocycles. The molecule has 2 aromatic carbocycles. The normalized spacial score (nSPS) is 8.50. The van der Waals surface area contributed by atoms with E-state index < -0.39 is 11.6 Å². The molecule has 82 valence electrons. The molecule has 0 heterocycles. The minimum atomic E-state index is -0.750. The molecular formula is C12H11NO2S. The molecule has 2 aromatic rings. The lowest BCUT2D eigenvalue weighted by atomic mass is 10.3. The van der Waals surface area contributed by atoms with Crippen LogP contribution in [0.1, 0.15) is 0 Å². The Bertz CT molecular complexity index is 402. The van der Waals surface area contributed by atoms with Crippen molar-refractivity contribution in [3.63, 3.8) is 0 Å². The molecule has 0 aliphatic heterocycles. The molecule has 0 atom stereocenters. The molecule has 0 aliphatic carbocycles. The third-order valence-corrected chi connectivity index (χ3v) is 1.84. The summed E-state index contributed by atoms with van der Waals surface area (Å²) in [6, 6.07) is 20.3. The van der Waals surface area contributed by atoms with Gasteiger partial charge in [-0.1, -0.05) is 36.4 Å². The number of hydrogen-bond donors (Lipinski definition) is 1. The zero-order chi connectivity index (χ0) is 11.6. The van der Waals surface area contributed by atoms with Crippen molar-refractivity contribution in [3.05, 3.63) is 60.7 Å². The van der Waals surface area contributed by atoms with Crippen molar-refractivity contribution in [2.75, 3.05) is 5.32 Å². The van der Waals surface area contributed by atoms with Crippen molar-refractivity contribution in [2.24, 2.45) is 0 Å². The Hall–Kier alpha value is -1.94. The molecule has 0 bridgehead atoms. The van der Waals surface area contributed by atoms with E-state index >= 15 is 0 Å². The summed E-state index contributed by atoms with van der Waals surface area (Å²) in [5.41, 5.74) is 2.24. The molecule has 0 saturated heterocycles. The van der Waals surface area contributed by atoms with E-state index in [1.807, 2.05) is 60.7 Å². The average molecular weight is 233 g/mol. The van der Waals surface area contributed by atoms with Crippen LogP contribution in [0.4, 0.5) is 11.4 Å². The van der Waals surface area contributed by atoms with Crippen LogP contribution in [-0.4, -0.2) is 8.42 Å². The maximum Gasteiger partial charge on any atom is 0.335 e. The lowest BCUT2D eigenvalue weighted by molar-refractivity contribution is 0.630. The SMILES string of the molecule is O=S=O.c1ccc(Nc2ccccc2)cc1. The molecule has 1 N–H and O–H groups in total. The second-order valence-electron chi connectivity index (χ2n) is 2.93. The molecule has 0 fully saturated rings. The fourth-order valence-electron chi connectivity index (χ4n) is 1.21. The molecule has 16 heavy (non-hydrogen) atoms. The Balaban J connectivity index is 0.000000386. The van der Waals surface area contributed by atoms with E-state index in [-0.39, 0.29) is 0 Å². The van der Waals surface area contributed by atoms with E-state index in [9.17, 15) is 0 Å². The number of hydrogen-bond acceptors (Lipinski definition) is 3. The van der Waals surface area contributed by atoms with Crippen LogP contribution in [0.5, 0.6) is 0 Å². The van der Waals surface area contributed by atoms with Gasteiger partial charge in [0, 0.05) is 11.4 Å². The molecule has 0 amide bonds. The summed E-state index contributed by atoms with van der Waals surface area (Å²) < 4.78 is 16.6. The topological polar surface area (TPSA) is 46.2 Å². The first-order valence-corrected chi connectivity index (χ1v) is 5.32. The predicted octanol–water partition coefficient (Wildman–Crippen LogP) is 2.76. The van der Waals surface area contributed by atoms with Crippen molar-refractivity contribution in [1.29, 1.82) is 0 Å². The van der Waals surface area contributed by atoms with Crippen LogP contribution in [0.15, 0.2) is 60.7 Å². The summed E-state index contributed by atoms with van der Waals surface area (Å²) in [6.07, 6.45) is 0. The highest BCUT2D eigenvalue weighted by Gasteiger charge is 1.89. The van der Waals surface area contributed by atoms with Crippen LogP contribution >= 0.6 is 0 Å². The summed E-state index contributed by atoms with van der Waals surface area (Å²) in [4.78, 5) is 0. The van der Waals surface area contributed by atoms with Crippen molar-refractivity contribution < 1.29 is 8.42 Å². The van der Waals surface area contributed by atoms with E-state index in [2.05, 4.69) is 5.32 Å². The van der Waals surface area contributed by atoms with Crippen LogP contribution < -0.4 is 5.32 Å². The van der Waals surface area contributed by atoms with Crippen molar-refractivity contribution >= 4 is 22.9 Å². The first-order valence-electron chi connectivity index (χ1n) is 4.65. The third-order valence-electron chi connectivity index (χ3n) is 1.84. The van der Waals surface area contributed by atoms with Crippen molar-refractivity contribution in [2.45, 2.75) is 0 Å². The monoisotopic (exact) mass is 233 g/mol. The Morgan fingerprint density at radius 3 is 1.31 bits per heavy atom. The fraction of sp³-hybridized carbons (Fsp3) is 0. The first-order chi connectivity index (χ1) is 7.86. The Morgan fingerprint density at radius 2 is 1.00 bits per heavy atom. The van der Waals surface area contributed by atoms with E-state index in [0.29, 0.717) is 0 Å². The predicted molar refractivity (Wildman–Crippen MR) is 65.1 cm³/mol. The molecule has 0 aliphatic rings. The maximum absolute atomic E-state index is 8.29. The highest BCUT2D eigenvalue weighted by atomic mass is 32.1. The first kappa shape index (κ1) is 12.1. The van der Waals surface area contributed by atoms with Crippen LogP contribution in [0.2, 0.25) is 0 Å². The van der Waals surface area contributed by atoms with E-state index in [0.717, 1.165) is 11.4 Å². The van der Waals surface area contributed by atoms with Gasteiger partial charge in [0.05, 0.1) is 0 Å². The number of para-hydroxylation sites is 2. The summed E-state index contributed by atoms with van der Waals surface area (Å²) in [6.45, 7) is 0. The second kappa shape index (κ2) is 7.36.